The van der Waals surface area contributed by atoms with Gasteiger partial charge in [0.2, 0.25) is 9.84 Å². The third-order valence-corrected chi connectivity index (χ3v) is 7.90. The van der Waals surface area contributed by atoms with E-state index in [1.807, 2.05) is 18.2 Å². The number of hydrogen-bond acceptors (Lipinski definition) is 5. The summed E-state index contributed by atoms with van der Waals surface area (Å²) in [5.74, 6) is 0.356. The van der Waals surface area contributed by atoms with E-state index in [1.165, 1.54) is 16.7 Å². The zero-order valence-electron chi connectivity index (χ0n) is 16.3. The molecule has 1 aromatic carbocycles. The Labute approximate surface area is 161 Å². The van der Waals surface area contributed by atoms with Crippen LogP contribution >= 0.6 is 0 Å². The van der Waals surface area contributed by atoms with Crippen LogP contribution in [0.15, 0.2) is 47.6 Å². The van der Waals surface area contributed by atoms with Gasteiger partial charge in [0.1, 0.15) is 0 Å². The van der Waals surface area contributed by atoms with Crippen molar-refractivity contribution in [3.8, 4) is 5.69 Å². The van der Waals surface area contributed by atoms with E-state index in [0.29, 0.717) is 18.0 Å². The fourth-order valence-electron chi connectivity index (χ4n) is 4.09. The first-order valence-electron chi connectivity index (χ1n) is 9.49. The summed E-state index contributed by atoms with van der Waals surface area (Å²) >= 11 is 0. The topological polar surface area (TPSA) is 77.7 Å². The minimum Gasteiger partial charge on any atom is -0.220 e. The number of nitrogens with zero attached hydrogens (tertiary/aromatic N) is 4. The summed E-state index contributed by atoms with van der Waals surface area (Å²) in [7, 11) is -3.63. The van der Waals surface area contributed by atoms with Gasteiger partial charge in [-0.25, -0.2) is 8.42 Å². The first-order valence-corrected chi connectivity index (χ1v) is 11.0. The Hall–Kier alpha value is -2.02. The lowest BCUT2D eigenvalue weighted by Crippen LogP contribution is -2.31. The molecule has 0 radical (unpaired) electrons. The Morgan fingerprint density at radius 3 is 2.67 bits per heavy atom. The summed E-state index contributed by atoms with van der Waals surface area (Å²) in [6.45, 7) is 10.5. The smallest absolute Gasteiger partial charge is 0.220 e. The molecule has 3 rings (SSSR count). The van der Waals surface area contributed by atoms with Gasteiger partial charge >= 0.3 is 0 Å². The minimum atomic E-state index is -3.63. The summed E-state index contributed by atoms with van der Waals surface area (Å²) in [5.41, 5.74) is 2.06. The van der Waals surface area contributed by atoms with E-state index in [2.05, 4.69) is 36.0 Å². The molecule has 1 aromatic heterocycles. The van der Waals surface area contributed by atoms with Crippen molar-refractivity contribution in [2.75, 3.05) is 0 Å². The van der Waals surface area contributed by atoms with Gasteiger partial charge in [0, 0.05) is 0 Å². The van der Waals surface area contributed by atoms with Crippen molar-refractivity contribution in [2.24, 2.45) is 11.3 Å². The highest BCUT2D eigenvalue weighted by molar-refractivity contribution is 7.91. The second kappa shape index (κ2) is 7.54. The first-order chi connectivity index (χ1) is 12.7. The van der Waals surface area contributed by atoms with Gasteiger partial charge in [-0.05, 0) is 72.9 Å². The molecule has 0 amide bonds. The Kier molecular flexibility index (Phi) is 5.51. The molecule has 2 aromatic rings. The van der Waals surface area contributed by atoms with Crippen LogP contribution in [0.5, 0.6) is 0 Å². The van der Waals surface area contributed by atoms with Crippen LogP contribution in [0.4, 0.5) is 0 Å². The van der Waals surface area contributed by atoms with Crippen molar-refractivity contribution in [3.05, 3.63) is 42.5 Å². The zero-order chi connectivity index (χ0) is 19.7. The van der Waals surface area contributed by atoms with Crippen LogP contribution in [0.1, 0.15) is 52.9 Å². The highest BCUT2D eigenvalue weighted by Gasteiger charge is 2.36. The maximum Gasteiger partial charge on any atom is 0.272 e. The molecule has 1 fully saturated rings. The van der Waals surface area contributed by atoms with Crippen LogP contribution in [0, 0.1) is 11.3 Å². The van der Waals surface area contributed by atoms with Gasteiger partial charge in [-0.1, -0.05) is 49.3 Å². The number of sulfone groups is 1. The van der Waals surface area contributed by atoms with Crippen molar-refractivity contribution in [3.63, 3.8) is 0 Å². The molecule has 146 valence electrons. The molecule has 0 N–H and O–H groups in total. The van der Waals surface area contributed by atoms with Gasteiger partial charge in [-0.3, -0.25) is 0 Å². The molecular formula is C20H28N4O2S. The average molecular weight is 389 g/mol. The van der Waals surface area contributed by atoms with E-state index >= 15 is 0 Å². The Balaban J connectivity index is 1.78. The third-order valence-electron chi connectivity index (χ3n) is 5.84. The average Bonchev–Trinajstić information content (AvgIpc) is 3.12. The van der Waals surface area contributed by atoms with Crippen molar-refractivity contribution in [1.29, 1.82) is 0 Å². The largest absolute Gasteiger partial charge is 0.272 e. The molecule has 0 spiro atoms. The van der Waals surface area contributed by atoms with Gasteiger partial charge in [0.15, 0.2) is 0 Å². The van der Waals surface area contributed by atoms with Gasteiger partial charge in [-0.15, -0.1) is 0 Å². The van der Waals surface area contributed by atoms with E-state index in [-0.39, 0.29) is 10.6 Å². The van der Waals surface area contributed by atoms with Crippen molar-refractivity contribution in [1.82, 2.24) is 20.2 Å². The highest BCUT2D eigenvalue weighted by atomic mass is 32.2. The zero-order valence-corrected chi connectivity index (χ0v) is 17.1. The number of tetrazole rings is 1. The summed E-state index contributed by atoms with van der Waals surface area (Å²) in [6, 6.07) is 9.09. The predicted molar refractivity (Wildman–Crippen MR) is 105 cm³/mol. The van der Waals surface area contributed by atoms with E-state index in [0.717, 1.165) is 19.3 Å². The lowest BCUT2D eigenvalue weighted by atomic mass is 9.65. The SMILES string of the molecule is C=C1CCCC(C)(C)[C@@H]1CCC(C)S(=O)(=O)c1nnnn1-c1ccccc1. The number of hydrogen-bond donors (Lipinski definition) is 0. The summed E-state index contributed by atoms with van der Waals surface area (Å²) in [6.07, 6.45) is 4.75. The molecule has 0 aliphatic heterocycles. The monoisotopic (exact) mass is 388 g/mol. The summed E-state index contributed by atoms with van der Waals surface area (Å²) in [4.78, 5) is 0. The minimum absolute atomic E-state index is 0.0945. The van der Waals surface area contributed by atoms with Crippen molar-refractivity contribution in [2.45, 2.75) is 63.3 Å². The fraction of sp³-hybridized carbons (Fsp3) is 0.550. The van der Waals surface area contributed by atoms with Crippen LogP contribution in [-0.4, -0.2) is 33.9 Å². The van der Waals surface area contributed by atoms with Crippen molar-refractivity contribution < 1.29 is 8.42 Å². The van der Waals surface area contributed by atoms with Gasteiger partial charge in [0.05, 0.1) is 10.9 Å². The normalized spacial score (nSPS) is 21.1. The maximum absolute atomic E-state index is 13.1. The van der Waals surface area contributed by atoms with Crippen LogP contribution < -0.4 is 0 Å². The van der Waals surface area contributed by atoms with Crippen LogP contribution in [0.25, 0.3) is 5.69 Å². The number of para-hydroxylation sites is 1. The molecule has 27 heavy (non-hydrogen) atoms. The Bertz CT molecular complexity index is 903. The molecule has 1 aliphatic carbocycles. The van der Waals surface area contributed by atoms with E-state index in [1.54, 1.807) is 19.1 Å². The van der Waals surface area contributed by atoms with E-state index in [9.17, 15) is 8.42 Å². The second-order valence-electron chi connectivity index (χ2n) is 8.19. The Morgan fingerprint density at radius 1 is 1.30 bits per heavy atom. The van der Waals surface area contributed by atoms with E-state index < -0.39 is 15.1 Å². The Morgan fingerprint density at radius 2 is 2.00 bits per heavy atom. The molecule has 1 unspecified atom stereocenters. The van der Waals surface area contributed by atoms with E-state index in [4.69, 9.17) is 0 Å². The molecule has 1 heterocycles. The van der Waals surface area contributed by atoms with Gasteiger partial charge in [-0.2, -0.15) is 4.68 Å². The third kappa shape index (κ3) is 3.98. The fourth-order valence-corrected chi connectivity index (χ4v) is 5.43. The van der Waals surface area contributed by atoms with Crippen LogP contribution in [0.3, 0.4) is 0 Å². The second-order valence-corrected chi connectivity index (χ2v) is 10.5. The molecule has 0 bridgehead atoms. The number of benzene rings is 1. The van der Waals surface area contributed by atoms with Crippen molar-refractivity contribution >= 4 is 9.84 Å². The number of rotatable bonds is 6. The maximum atomic E-state index is 13.1. The number of allylic oxidation sites excluding steroid dienone is 1. The quantitative estimate of drug-likeness (QED) is 0.699. The highest BCUT2D eigenvalue weighted by Crippen LogP contribution is 2.45. The molecule has 1 aliphatic rings. The standard InChI is InChI=1S/C20H28N4O2S/c1-15-9-8-14-20(3,4)18(15)13-12-16(2)27(25,26)19-21-22-23-24(19)17-10-6-5-7-11-17/h5-7,10-11,16,18H,1,8-9,12-14H2,2-4H3/t16?,18-/m1/s1. The predicted octanol–water partition coefficient (Wildman–Crippen LogP) is 3.99. The molecule has 6 nitrogen and oxygen atoms in total. The molecule has 2 atom stereocenters. The van der Waals surface area contributed by atoms with Gasteiger partial charge < -0.3 is 0 Å². The molecule has 1 saturated carbocycles. The van der Waals surface area contributed by atoms with Crippen LogP contribution in [-0.2, 0) is 9.84 Å². The molecular weight excluding hydrogens is 360 g/mol. The molecule has 7 heteroatoms. The lowest BCUT2D eigenvalue weighted by molar-refractivity contribution is 0.177. The lowest BCUT2D eigenvalue weighted by Gasteiger charge is -2.40. The first kappa shape index (κ1) is 19.7. The van der Waals surface area contributed by atoms with Crippen LogP contribution in [0.2, 0.25) is 0 Å². The summed E-state index contributed by atoms with van der Waals surface area (Å²) in [5, 5.41) is 10.7. The van der Waals surface area contributed by atoms with Gasteiger partial charge in [0.25, 0.3) is 5.16 Å². The molecule has 0 saturated heterocycles. The summed E-state index contributed by atoms with van der Waals surface area (Å²) < 4.78 is 27.5. The number of aromatic nitrogens is 4.